The Morgan fingerprint density at radius 3 is 2.67 bits per heavy atom. The van der Waals surface area contributed by atoms with E-state index in [1.54, 1.807) is 0 Å². The number of hydrogen-bond donors (Lipinski definition) is 1. The highest BCUT2D eigenvalue weighted by Gasteiger charge is 2.35. The molecule has 4 heteroatoms. The Kier molecular flexibility index (Phi) is 4.73. The summed E-state index contributed by atoms with van der Waals surface area (Å²) >= 11 is 3.38. The molecule has 1 nitrogen and oxygen atoms in total. The molecule has 100 valence electrons. The number of benzene rings is 1. The van der Waals surface area contributed by atoms with E-state index >= 15 is 0 Å². The fourth-order valence-corrected chi connectivity index (χ4v) is 2.74. The molecule has 0 aromatic heterocycles. The number of halogens is 3. The van der Waals surface area contributed by atoms with Gasteiger partial charge in [0.15, 0.2) is 0 Å². The van der Waals surface area contributed by atoms with Gasteiger partial charge in [0.05, 0.1) is 0 Å². The first-order chi connectivity index (χ1) is 8.55. The average Bonchev–Trinajstić information content (AvgIpc) is 2.30. The summed E-state index contributed by atoms with van der Waals surface area (Å²) in [5, 5.41) is 3.28. The number of rotatable bonds is 4. The molecule has 0 heterocycles. The highest BCUT2D eigenvalue weighted by atomic mass is 79.9. The summed E-state index contributed by atoms with van der Waals surface area (Å²) in [4.78, 5) is 0. The van der Waals surface area contributed by atoms with Gasteiger partial charge in [0.1, 0.15) is 0 Å². The zero-order valence-corrected chi connectivity index (χ0v) is 11.8. The van der Waals surface area contributed by atoms with Gasteiger partial charge in [-0.15, -0.1) is 0 Å². The second kappa shape index (κ2) is 6.11. The maximum atomic E-state index is 13.2. The maximum absolute atomic E-state index is 13.2. The Bertz CT molecular complexity index is 378. The van der Waals surface area contributed by atoms with Gasteiger partial charge in [0, 0.05) is 23.9 Å². The van der Waals surface area contributed by atoms with Crippen molar-refractivity contribution in [1.82, 2.24) is 5.32 Å². The summed E-state index contributed by atoms with van der Waals surface area (Å²) in [5.74, 6) is -2.33. The fraction of sp³-hybridized carbons (Fsp3) is 0.571. The minimum atomic E-state index is -2.44. The monoisotopic (exact) mass is 317 g/mol. The van der Waals surface area contributed by atoms with Crippen LogP contribution in [0.3, 0.4) is 0 Å². The van der Waals surface area contributed by atoms with Crippen molar-refractivity contribution in [2.75, 3.05) is 6.54 Å². The lowest BCUT2D eigenvalue weighted by Gasteiger charge is -2.29. The van der Waals surface area contributed by atoms with E-state index in [-0.39, 0.29) is 18.8 Å². The fourth-order valence-electron chi connectivity index (χ4n) is 2.47. The van der Waals surface area contributed by atoms with E-state index in [0.29, 0.717) is 13.0 Å². The van der Waals surface area contributed by atoms with Crippen LogP contribution in [0.25, 0.3) is 0 Å². The molecule has 0 amide bonds. The third kappa shape index (κ3) is 4.32. The van der Waals surface area contributed by atoms with Crippen LogP contribution in [-0.4, -0.2) is 12.5 Å². The van der Waals surface area contributed by atoms with Gasteiger partial charge >= 0.3 is 0 Å². The summed E-state index contributed by atoms with van der Waals surface area (Å²) in [6.45, 7) is 1.43. The number of hydrogen-bond acceptors (Lipinski definition) is 1. The van der Waals surface area contributed by atoms with Gasteiger partial charge in [0.2, 0.25) is 5.92 Å². The Morgan fingerprint density at radius 1 is 1.28 bits per heavy atom. The van der Waals surface area contributed by atoms with E-state index in [1.807, 2.05) is 24.3 Å². The predicted octanol–water partition coefficient (Wildman–Crippen LogP) is 4.36. The van der Waals surface area contributed by atoms with Crippen LogP contribution in [0.2, 0.25) is 0 Å². The molecule has 1 aromatic rings. The van der Waals surface area contributed by atoms with Crippen LogP contribution in [0.1, 0.15) is 31.2 Å². The Balaban J connectivity index is 1.73. The van der Waals surface area contributed by atoms with Crippen LogP contribution in [0.5, 0.6) is 0 Å². The molecular formula is C14H18BrF2N. The topological polar surface area (TPSA) is 12.0 Å². The molecular weight excluding hydrogens is 300 g/mol. The molecule has 1 unspecified atom stereocenters. The van der Waals surface area contributed by atoms with Crippen LogP contribution >= 0.6 is 15.9 Å². The lowest BCUT2D eigenvalue weighted by atomic mass is 9.86. The summed E-state index contributed by atoms with van der Waals surface area (Å²) in [6, 6.07) is 8.05. The third-order valence-corrected chi connectivity index (χ3v) is 3.95. The van der Waals surface area contributed by atoms with Gasteiger partial charge < -0.3 is 5.32 Å². The van der Waals surface area contributed by atoms with Crippen LogP contribution in [0.15, 0.2) is 28.7 Å². The average molecular weight is 318 g/mol. The second-order valence-electron chi connectivity index (χ2n) is 5.08. The molecule has 0 spiro atoms. The van der Waals surface area contributed by atoms with Crippen molar-refractivity contribution in [3.8, 4) is 0 Å². The van der Waals surface area contributed by atoms with Crippen molar-refractivity contribution in [2.45, 2.75) is 38.2 Å². The van der Waals surface area contributed by atoms with Gasteiger partial charge in [-0.25, -0.2) is 8.78 Å². The van der Waals surface area contributed by atoms with Crippen molar-refractivity contribution in [2.24, 2.45) is 5.92 Å². The van der Waals surface area contributed by atoms with Crippen LogP contribution in [0.4, 0.5) is 8.78 Å². The van der Waals surface area contributed by atoms with E-state index in [4.69, 9.17) is 0 Å². The Labute approximate surface area is 115 Å². The highest BCUT2D eigenvalue weighted by Crippen LogP contribution is 2.36. The van der Waals surface area contributed by atoms with E-state index in [2.05, 4.69) is 21.2 Å². The Hall–Kier alpha value is -0.480. The molecule has 0 bridgehead atoms. The van der Waals surface area contributed by atoms with Gasteiger partial charge in [-0.3, -0.25) is 0 Å². The van der Waals surface area contributed by atoms with Crippen molar-refractivity contribution in [3.63, 3.8) is 0 Å². The van der Waals surface area contributed by atoms with E-state index in [9.17, 15) is 8.78 Å². The first kappa shape index (κ1) is 13.9. The quantitative estimate of drug-likeness (QED) is 0.869. The first-order valence-electron chi connectivity index (χ1n) is 6.38. The number of alkyl halides is 2. The minimum Gasteiger partial charge on any atom is -0.312 e. The standard InChI is InChI=1S/C14H18BrF2N/c15-13-5-3-11(4-6-13)9-18-10-12-2-1-7-14(16,17)8-12/h3-6,12,18H,1-2,7-10H2. The molecule has 1 N–H and O–H groups in total. The molecule has 0 aliphatic heterocycles. The SMILES string of the molecule is FC1(F)CCCC(CNCc2ccc(Br)cc2)C1. The Morgan fingerprint density at radius 2 is 2.00 bits per heavy atom. The van der Waals surface area contributed by atoms with Crippen molar-refractivity contribution >= 4 is 15.9 Å². The summed E-state index contributed by atoms with van der Waals surface area (Å²) in [6.07, 6.45) is 1.68. The van der Waals surface area contributed by atoms with Gasteiger partial charge in [-0.05, 0) is 43.0 Å². The molecule has 1 aliphatic carbocycles. The lowest BCUT2D eigenvalue weighted by Crippen LogP contribution is -2.32. The zero-order chi connectivity index (χ0) is 13.0. The van der Waals surface area contributed by atoms with Gasteiger partial charge in [0.25, 0.3) is 0 Å². The zero-order valence-electron chi connectivity index (χ0n) is 10.3. The number of nitrogens with one attached hydrogen (secondary N) is 1. The smallest absolute Gasteiger partial charge is 0.248 e. The van der Waals surface area contributed by atoms with Crippen LogP contribution < -0.4 is 5.32 Å². The molecule has 1 aliphatic rings. The van der Waals surface area contributed by atoms with Crippen molar-refractivity contribution in [1.29, 1.82) is 0 Å². The second-order valence-corrected chi connectivity index (χ2v) is 5.99. The molecule has 1 aromatic carbocycles. The summed E-state index contributed by atoms with van der Waals surface area (Å²) in [7, 11) is 0. The molecule has 1 fully saturated rings. The van der Waals surface area contributed by atoms with E-state index in [1.165, 1.54) is 5.56 Å². The summed E-state index contributed by atoms with van der Waals surface area (Å²) in [5.41, 5.74) is 1.18. The minimum absolute atomic E-state index is 0.0420. The van der Waals surface area contributed by atoms with Crippen LogP contribution in [0, 0.1) is 5.92 Å². The molecule has 2 rings (SSSR count). The molecule has 0 radical (unpaired) electrons. The molecule has 1 saturated carbocycles. The normalized spacial score (nSPS) is 22.9. The predicted molar refractivity (Wildman–Crippen MR) is 72.8 cm³/mol. The van der Waals surface area contributed by atoms with E-state index < -0.39 is 5.92 Å². The van der Waals surface area contributed by atoms with E-state index in [0.717, 1.165) is 17.4 Å². The largest absolute Gasteiger partial charge is 0.312 e. The first-order valence-corrected chi connectivity index (χ1v) is 7.17. The van der Waals surface area contributed by atoms with Crippen molar-refractivity contribution in [3.05, 3.63) is 34.3 Å². The highest BCUT2D eigenvalue weighted by molar-refractivity contribution is 9.10. The maximum Gasteiger partial charge on any atom is 0.248 e. The lowest BCUT2D eigenvalue weighted by molar-refractivity contribution is -0.0520. The van der Waals surface area contributed by atoms with Gasteiger partial charge in [-0.1, -0.05) is 28.1 Å². The van der Waals surface area contributed by atoms with Gasteiger partial charge in [-0.2, -0.15) is 0 Å². The third-order valence-electron chi connectivity index (χ3n) is 3.42. The van der Waals surface area contributed by atoms with Crippen LogP contribution in [-0.2, 0) is 6.54 Å². The molecule has 1 atom stereocenters. The molecule has 0 saturated heterocycles. The molecule has 18 heavy (non-hydrogen) atoms. The summed E-state index contributed by atoms with van der Waals surface area (Å²) < 4.78 is 27.5. The van der Waals surface area contributed by atoms with Crippen molar-refractivity contribution < 1.29 is 8.78 Å².